The van der Waals surface area contributed by atoms with Crippen molar-refractivity contribution in [1.82, 2.24) is 0 Å². The topological polar surface area (TPSA) is 66.8 Å². The highest BCUT2D eigenvalue weighted by Crippen LogP contribution is 2.44. The molecule has 0 atom stereocenters. The summed E-state index contributed by atoms with van der Waals surface area (Å²) in [5.41, 5.74) is 0. The Bertz CT molecular complexity index is 146. The minimum absolute atomic E-state index is 0.291. The first kappa shape index (κ1) is 10.5. The summed E-state index contributed by atoms with van der Waals surface area (Å²) in [5.74, 6) is 0. The molecular weight excluding hydrogens is 175 g/mol. The fourth-order valence-electron chi connectivity index (χ4n) is 0.160. The van der Waals surface area contributed by atoms with Crippen molar-refractivity contribution in [2.45, 2.75) is 25.5 Å². The molecule has 0 saturated carbocycles. The van der Waals surface area contributed by atoms with E-state index in [9.17, 15) is 4.57 Å². The van der Waals surface area contributed by atoms with E-state index in [0.29, 0.717) is 0 Å². The highest BCUT2D eigenvalue weighted by atomic mass is 32.2. The smallest absolute Gasteiger partial charge is 0.302 e. The zero-order chi connectivity index (χ0) is 8.41. The highest BCUT2D eigenvalue weighted by Gasteiger charge is 2.21. The Morgan fingerprint density at radius 2 is 1.80 bits per heavy atom. The summed E-state index contributed by atoms with van der Waals surface area (Å²) in [5, 5.41) is 0. The second kappa shape index (κ2) is 3.24. The Balaban J connectivity index is 3.67. The van der Waals surface area contributed by atoms with Crippen LogP contribution in [0.2, 0.25) is 0 Å². The lowest BCUT2D eigenvalue weighted by Crippen LogP contribution is -2.07. The summed E-state index contributed by atoms with van der Waals surface area (Å²) in [6.45, 7) is 5.40. The van der Waals surface area contributed by atoms with Gasteiger partial charge in [0.05, 0.1) is 0 Å². The van der Waals surface area contributed by atoms with Gasteiger partial charge in [-0.2, -0.15) is 0 Å². The van der Waals surface area contributed by atoms with E-state index >= 15 is 0 Å². The molecule has 0 spiro atoms. The van der Waals surface area contributed by atoms with E-state index in [2.05, 4.69) is 3.97 Å². The van der Waals surface area contributed by atoms with Gasteiger partial charge < -0.3 is 9.79 Å². The molecule has 0 aromatic carbocycles. The maximum Gasteiger partial charge on any atom is 0.480 e. The summed E-state index contributed by atoms with van der Waals surface area (Å²) >= 11 is 0.777. The lowest BCUT2D eigenvalue weighted by atomic mass is 10.3. The maximum absolute atomic E-state index is 10.1. The third-order valence-corrected chi connectivity index (χ3v) is 1.96. The predicted molar refractivity (Wildman–Crippen MR) is 40.5 cm³/mol. The van der Waals surface area contributed by atoms with Gasteiger partial charge in [0, 0.05) is 16.8 Å². The van der Waals surface area contributed by atoms with Gasteiger partial charge in [-0.1, -0.05) is 0 Å². The second-order valence-corrected chi connectivity index (χ2v) is 5.73. The van der Waals surface area contributed by atoms with E-state index in [1.165, 1.54) is 0 Å². The van der Waals surface area contributed by atoms with E-state index < -0.39 is 7.82 Å². The average molecular weight is 186 g/mol. The third-order valence-electron chi connectivity index (χ3n) is 0.384. The van der Waals surface area contributed by atoms with Gasteiger partial charge in [0.15, 0.2) is 0 Å². The van der Waals surface area contributed by atoms with E-state index in [-0.39, 0.29) is 4.75 Å². The van der Waals surface area contributed by atoms with Crippen LogP contribution in [0.5, 0.6) is 0 Å². The summed E-state index contributed by atoms with van der Waals surface area (Å²) < 4.78 is 14.0. The lowest BCUT2D eigenvalue weighted by molar-refractivity contribution is 0.297. The van der Waals surface area contributed by atoms with Crippen LogP contribution in [0.15, 0.2) is 0 Å². The highest BCUT2D eigenvalue weighted by molar-refractivity contribution is 7.99. The molecule has 0 aliphatic heterocycles. The molecule has 0 rings (SSSR count). The van der Waals surface area contributed by atoms with Crippen molar-refractivity contribution in [2.24, 2.45) is 0 Å². The molecular formula is C4H11O4PS. The van der Waals surface area contributed by atoms with Crippen molar-refractivity contribution in [3.05, 3.63) is 0 Å². The maximum atomic E-state index is 10.1. The average Bonchev–Trinajstić information content (AvgIpc) is 1.57. The van der Waals surface area contributed by atoms with Crippen LogP contribution in [0.25, 0.3) is 0 Å². The van der Waals surface area contributed by atoms with E-state index in [0.717, 1.165) is 12.0 Å². The van der Waals surface area contributed by atoms with Crippen LogP contribution >= 0.6 is 19.9 Å². The van der Waals surface area contributed by atoms with E-state index in [4.69, 9.17) is 9.79 Å². The first-order valence-electron chi connectivity index (χ1n) is 2.64. The Hall–Kier alpha value is 0.460. The van der Waals surface area contributed by atoms with Gasteiger partial charge in [-0.25, -0.2) is 8.54 Å². The first-order chi connectivity index (χ1) is 4.21. The molecule has 6 heteroatoms. The largest absolute Gasteiger partial charge is 0.480 e. The van der Waals surface area contributed by atoms with Crippen molar-refractivity contribution in [3.8, 4) is 0 Å². The van der Waals surface area contributed by atoms with Gasteiger partial charge >= 0.3 is 7.82 Å². The zero-order valence-corrected chi connectivity index (χ0v) is 7.78. The second-order valence-electron chi connectivity index (χ2n) is 2.76. The van der Waals surface area contributed by atoms with Crippen LogP contribution in [0.4, 0.5) is 0 Å². The fourth-order valence-corrected chi connectivity index (χ4v) is 1.44. The van der Waals surface area contributed by atoms with Crippen LogP contribution in [-0.4, -0.2) is 14.5 Å². The van der Waals surface area contributed by atoms with Crippen LogP contribution in [0.1, 0.15) is 20.8 Å². The molecule has 10 heavy (non-hydrogen) atoms. The normalized spacial score (nSPS) is 13.7. The molecule has 0 aliphatic carbocycles. The van der Waals surface area contributed by atoms with E-state index in [1.54, 1.807) is 20.8 Å². The van der Waals surface area contributed by atoms with Gasteiger partial charge in [-0.05, 0) is 20.8 Å². The van der Waals surface area contributed by atoms with Crippen LogP contribution in [-0.2, 0) is 8.54 Å². The predicted octanol–water partition coefficient (Wildman–Crippen LogP) is 1.54. The molecule has 0 unspecified atom stereocenters. The molecule has 0 fully saturated rings. The molecule has 0 amide bonds. The SMILES string of the molecule is CC(C)(C)SOP(=O)(O)O. The molecule has 0 saturated heterocycles. The third kappa shape index (κ3) is 8.46. The van der Waals surface area contributed by atoms with Crippen molar-refractivity contribution in [3.63, 3.8) is 0 Å². The van der Waals surface area contributed by atoms with Gasteiger partial charge in [-0.15, -0.1) is 0 Å². The molecule has 0 aliphatic rings. The molecule has 0 radical (unpaired) electrons. The van der Waals surface area contributed by atoms with Gasteiger partial charge in [-0.3, -0.25) is 0 Å². The minimum Gasteiger partial charge on any atom is -0.302 e. The first-order valence-corrected chi connectivity index (χ1v) is 4.91. The minimum atomic E-state index is -4.30. The summed E-state index contributed by atoms with van der Waals surface area (Å²) in [6.07, 6.45) is 0. The van der Waals surface area contributed by atoms with E-state index in [1.807, 2.05) is 0 Å². The molecule has 2 N–H and O–H groups in total. The Morgan fingerprint density at radius 1 is 1.40 bits per heavy atom. The molecule has 0 heterocycles. The van der Waals surface area contributed by atoms with Crippen LogP contribution in [0, 0.1) is 0 Å². The Labute approximate surface area is 64.4 Å². The molecule has 0 bridgehead atoms. The number of phosphoric acid groups is 1. The number of hydrogen-bond donors (Lipinski definition) is 2. The number of rotatable bonds is 2. The molecule has 62 valence electrons. The molecule has 4 nitrogen and oxygen atoms in total. The van der Waals surface area contributed by atoms with Crippen molar-refractivity contribution >= 4 is 19.9 Å². The van der Waals surface area contributed by atoms with Crippen molar-refractivity contribution in [1.29, 1.82) is 0 Å². The summed E-state index contributed by atoms with van der Waals surface area (Å²) in [4.78, 5) is 16.5. The van der Waals surface area contributed by atoms with Gasteiger partial charge in [0.25, 0.3) is 0 Å². The molecule has 0 aromatic rings. The number of hydrogen-bond acceptors (Lipinski definition) is 3. The quantitative estimate of drug-likeness (QED) is 0.505. The lowest BCUT2D eigenvalue weighted by Gasteiger charge is -2.15. The standard InChI is InChI=1S/C4H11O4PS/c1-4(2,3)10-8-9(5,6)7/h1-3H3,(H2,5,6,7). The summed E-state index contributed by atoms with van der Waals surface area (Å²) in [7, 11) is -4.30. The summed E-state index contributed by atoms with van der Waals surface area (Å²) in [6, 6.07) is 0. The monoisotopic (exact) mass is 186 g/mol. The Kier molecular flexibility index (Phi) is 3.39. The van der Waals surface area contributed by atoms with Crippen LogP contribution < -0.4 is 0 Å². The van der Waals surface area contributed by atoms with Crippen LogP contribution in [0.3, 0.4) is 0 Å². The van der Waals surface area contributed by atoms with Crippen molar-refractivity contribution < 1.29 is 18.3 Å². The Morgan fingerprint density at radius 3 is 1.90 bits per heavy atom. The zero-order valence-electron chi connectivity index (χ0n) is 6.07. The van der Waals surface area contributed by atoms with Gasteiger partial charge in [0.1, 0.15) is 0 Å². The molecule has 0 aromatic heterocycles. The fraction of sp³-hybridized carbons (Fsp3) is 1.00. The van der Waals surface area contributed by atoms with Gasteiger partial charge in [0.2, 0.25) is 0 Å². The van der Waals surface area contributed by atoms with Crippen molar-refractivity contribution in [2.75, 3.05) is 0 Å².